The first-order chi connectivity index (χ1) is 11.5. The van der Waals surface area contributed by atoms with E-state index in [0.29, 0.717) is 17.2 Å². The number of hydrogen-bond donors (Lipinski definition) is 2. The summed E-state index contributed by atoms with van der Waals surface area (Å²) < 4.78 is 1.60. The molecule has 0 aliphatic carbocycles. The van der Waals surface area contributed by atoms with Crippen molar-refractivity contribution >= 4 is 39.7 Å². The molecule has 0 saturated carbocycles. The molecule has 0 bridgehead atoms. The van der Waals surface area contributed by atoms with Gasteiger partial charge in [0, 0.05) is 27.7 Å². The molecule has 2 aromatic heterocycles. The minimum Gasteiger partial charge on any atom is -0.378 e. The minimum atomic E-state index is -0.358. The molecule has 124 valence electrons. The van der Waals surface area contributed by atoms with Crippen LogP contribution < -0.4 is 16.6 Å². The fourth-order valence-electron chi connectivity index (χ4n) is 2.26. The van der Waals surface area contributed by atoms with Gasteiger partial charge >= 0.3 is 0 Å². The summed E-state index contributed by atoms with van der Waals surface area (Å²) >= 11 is 2.83. The van der Waals surface area contributed by atoms with Gasteiger partial charge in [-0.05, 0) is 19.1 Å². The summed E-state index contributed by atoms with van der Waals surface area (Å²) in [5, 5.41) is 5.19. The molecular formula is C16H16N4O2S2. The number of nitrogens with one attached hydrogen (secondary N) is 1. The van der Waals surface area contributed by atoms with Gasteiger partial charge in [-0.25, -0.2) is 4.98 Å². The highest BCUT2D eigenvalue weighted by Crippen LogP contribution is 2.27. The Morgan fingerprint density at radius 3 is 3.00 bits per heavy atom. The number of nitrogens with zero attached hydrogens (tertiary/aromatic N) is 2. The number of anilines is 1. The van der Waals surface area contributed by atoms with E-state index in [0.717, 1.165) is 16.3 Å². The summed E-state index contributed by atoms with van der Waals surface area (Å²) in [6, 6.07) is 9.19. The Kier molecular flexibility index (Phi) is 4.86. The zero-order chi connectivity index (χ0) is 17.1. The second-order valence-electron chi connectivity index (χ2n) is 5.19. The second-order valence-corrected chi connectivity index (χ2v) is 7.04. The number of aryl methyl sites for hydroxylation is 1. The summed E-state index contributed by atoms with van der Waals surface area (Å²) in [5.74, 6) is -0.137. The van der Waals surface area contributed by atoms with Gasteiger partial charge < -0.3 is 11.1 Å². The molecule has 0 fully saturated rings. The molecule has 6 nitrogen and oxygen atoms in total. The molecule has 0 spiro atoms. The maximum atomic E-state index is 12.2. The number of thioether (sulfide) groups is 1. The van der Waals surface area contributed by atoms with E-state index in [1.54, 1.807) is 10.5 Å². The number of nitrogens with two attached hydrogens (primary N) is 1. The summed E-state index contributed by atoms with van der Waals surface area (Å²) in [7, 11) is 0. The average Bonchev–Trinajstić information content (AvgIpc) is 2.93. The van der Waals surface area contributed by atoms with Gasteiger partial charge in [-0.2, -0.15) is 0 Å². The van der Waals surface area contributed by atoms with Crippen molar-refractivity contribution in [2.75, 3.05) is 11.1 Å². The molecule has 2 heterocycles. The first-order valence-electron chi connectivity index (χ1n) is 7.25. The standard InChI is InChI=1S/C16H16N4O2S2/c1-10-8-24-16-19-11(6-15(22)20(10)16)7-18-12-4-2-3-5-13(12)23-9-14(17)21/h2-6,8,18H,7,9H2,1H3,(H2,17,21). The SMILES string of the molecule is Cc1csc2nc(CNc3ccccc3SCC(N)=O)cc(=O)n12. The quantitative estimate of drug-likeness (QED) is 0.658. The number of hydrogen-bond acceptors (Lipinski definition) is 6. The highest BCUT2D eigenvalue weighted by atomic mass is 32.2. The molecule has 3 aromatic rings. The van der Waals surface area contributed by atoms with Gasteiger partial charge in [0.2, 0.25) is 5.91 Å². The predicted octanol–water partition coefficient (Wildman–Crippen LogP) is 2.25. The number of primary amides is 1. The Hall–Kier alpha value is -2.32. The zero-order valence-corrected chi connectivity index (χ0v) is 14.6. The maximum absolute atomic E-state index is 12.2. The fourth-order valence-corrected chi connectivity index (χ4v) is 3.92. The van der Waals surface area contributed by atoms with Crippen LogP contribution in [-0.4, -0.2) is 21.0 Å². The molecule has 24 heavy (non-hydrogen) atoms. The summed E-state index contributed by atoms with van der Waals surface area (Å²) in [5.41, 5.74) is 7.57. The lowest BCUT2D eigenvalue weighted by Crippen LogP contribution is -2.16. The molecule has 0 atom stereocenters. The van der Waals surface area contributed by atoms with Gasteiger partial charge in [0.15, 0.2) is 4.96 Å². The van der Waals surface area contributed by atoms with Crippen LogP contribution in [0.15, 0.2) is 45.4 Å². The van der Waals surface area contributed by atoms with E-state index < -0.39 is 0 Å². The minimum absolute atomic E-state index is 0.0769. The lowest BCUT2D eigenvalue weighted by Gasteiger charge is -2.11. The molecule has 0 aliphatic heterocycles. The molecule has 0 aliphatic rings. The van der Waals surface area contributed by atoms with E-state index in [1.807, 2.05) is 36.6 Å². The highest BCUT2D eigenvalue weighted by Gasteiger charge is 2.08. The number of carbonyl (C=O) groups excluding carboxylic acids is 1. The van der Waals surface area contributed by atoms with Crippen molar-refractivity contribution in [2.45, 2.75) is 18.4 Å². The van der Waals surface area contributed by atoms with Crippen molar-refractivity contribution in [3.8, 4) is 0 Å². The van der Waals surface area contributed by atoms with Crippen molar-refractivity contribution in [3.63, 3.8) is 0 Å². The van der Waals surface area contributed by atoms with Gasteiger partial charge in [-0.1, -0.05) is 12.1 Å². The van der Waals surface area contributed by atoms with Crippen molar-refractivity contribution in [2.24, 2.45) is 5.73 Å². The van der Waals surface area contributed by atoms with E-state index in [4.69, 9.17) is 5.73 Å². The number of thiazole rings is 1. The number of benzene rings is 1. The fraction of sp³-hybridized carbons (Fsp3) is 0.188. The molecule has 1 aromatic carbocycles. The summed E-state index contributed by atoms with van der Waals surface area (Å²) in [6.07, 6.45) is 0. The Labute approximate surface area is 146 Å². The molecule has 3 N–H and O–H groups in total. The van der Waals surface area contributed by atoms with Crippen LogP contribution in [0.25, 0.3) is 4.96 Å². The van der Waals surface area contributed by atoms with E-state index in [1.165, 1.54) is 23.1 Å². The Balaban J connectivity index is 1.79. The third kappa shape index (κ3) is 3.60. The smallest absolute Gasteiger partial charge is 0.259 e. The van der Waals surface area contributed by atoms with Crippen LogP contribution in [0.1, 0.15) is 11.4 Å². The molecule has 0 radical (unpaired) electrons. The van der Waals surface area contributed by atoms with E-state index in [2.05, 4.69) is 10.3 Å². The summed E-state index contributed by atoms with van der Waals surface area (Å²) in [6.45, 7) is 2.31. The molecule has 1 amide bonds. The normalized spacial score (nSPS) is 10.9. The van der Waals surface area contributed by atoms with Crippen LogP contribution in [0.2, 0.25) is 0 Å². The van der Waals surface area contributed by atoms with Gasteiger partial charge in [0.25, 0.3) is 5.56 Å². The van der Waals surface area contributed by atoms with E-state index >= 15 is 0 Å². The van der Waals surface area contributed by atoms with Gasteiger partial charge in [0.05, 0.1) is 18.0 Å². The molecular weight excluding hydrogens is 344 g/mol. The third-order valence-corrected chi connectivity index (χ3v) is 5.39. The summed E-state index contributed by atoms with van der Waals surface area (Å²) in [4.78, 5) is 29.3. The Bertz CT molecular complexity index is 949. The van der Waals surface area contributed by atoms with E-state index in [9.17, 15) is 9.59 Å². The van der Waals surface area contributed by atoms with Gasteiger partial charge in [-0.3, -0.25) is 14.0 Å². The lowest BCUT2D eigenvalue weighted by molar-refractivity contribution is -0.115. The van der Waals surface area contributed by atoms with Crippen molar-refractivity contribution in [3.05, 3.63) is 57.5 Å². The van der Waals surface area contributed by atoms with Gasteiger partial charge in [-0.15, -0.1) is 23.1 Å². The average molecular weight is 360 g/mol. The number of fused-ring (bicyclic) bond motifs is 1. The first-order valence-corrected chi connectivity index (χ1v) is 9.12. The van der Waals surface area contributed by atoms with Crippen LogP contribution >= 0.6 is 23.1 Å². The van der Waals surface area contributed by atoms with Gasteiger partial charge in [0.1, 0.15) is 0 Å². The van der Waals surface area contributed by atoms with Crippen molar-refractivity contribution < 1.29 is 4.79 Å². The van der Waals surface area contributed by atoms with Crippen molar-refractivity contribution in [1.82, 2.24) is 9.38 Å². The van der Waals surface area contributed by atoms with Crippen LogP contribution in [0, 0.1) is 6.92 Å². The van der Waals surface area contributed by atoms with Crippen LogP contribution in [0.5, 0.6) is 0 Å². The molecule has 3 rings (SSSR count). The van der Waals surface area contributed by atoms with E-state index in [-0.39, 0.29) is 17.2 Å². The second kappa shape index (κ2) is 7.06. The Morgan fingerprint density at radius 1 is 1.42 bits per heavy atom. The van der Waals surface area contributed by atoms with Crippen LogP contribution in [0.4, 0.5) is 5.69 Å². The monoisotopic (exact) mass is 360 g/mol. The third-order valence-electron chi connectivity index (χ3n) is 3.35. The topological polar surface area (TPSA) is 89.5 Å². The molecule has 0 saturated heterocycles. The highest BCUT2D eigenvalue weighted by molar-refractivity contribution is 8.00. The zero-order valence-electron chi connectivity index (χ0n) is 13.0. The Morgan fingerprint density at radius 2 is 2.21 bits per heavy atom. The number of carbonyl (C=O) groups is 1. The van der Waals surface area contributed by atoms with Crippen LogP contribution in [-0.2, 0) is 11.3 Å². The lowest BCUT2D eigenvalue weighted by atomic mass is 10.3. The van der Waals surface area contributed by atoms with Crippen LogP contribution in [0.3, 0.4) is 0 Å². The number of aromatic nitrogens is 2. The first kappa shape index (κ1) is 16.5. The maximum Gasteiger partial charge on any atom is 0.259 e. The number of para-hydroxylation sites is 1. The number of amides is 1. The predicted molar refractivity (Wildman–Crippen MR) is 97.8 cm³/mol. The number of rotatable bonds is 6. The largest absolute Gasteiger partial charge is 0.378 e. The molecule has 8 heteroatoms. The van der Waals surface area contributed by atoms with Crippen molar-refractivity contribution in [1.29, 1.82) is 0 Å². The molecule has 0 unspecified atom stereocenters.